The average Bonchev–Trinajstić information content (AvgIpc) is 3.24. The Hall–Kier alpha value is -1.55. The van der Waals surface area contributed by atoms with E-state index in [1.54, 1.807) is 0 Å². The van der Waals surface area contributed by atoms with Gasteiger partial charge < -0.3 is 16.0 Å². The van der Waals surface area contributed by atoms with Gasteiger partial charge in [-0.2, -0.15) is 0 Å². The van der Waals surface area contributed by atoms with Crippen molar-refractivity contribution in [3.63, 3.8) is 0 Å². The summed E-state index contributed by atoms with van der Waals surface area (Å²) in [6.07, 6.45) is 4.64. The third-order valence-electron chi connectivity index (χ3n) is 3.70. The predicted octanol–water partition coefficient (Wildman–Crippen LogP) is 1.74. The SMILES string of the molecule is O=C(NC1CC1)c1cccc(NC2CCCNC2)c1. The van der Waals surface area contributed by atoms with Crippen LogP contribution in [0.2, 0.25) is 0 Å². The third kappa shape index (κ3) is 3.47. The number of hydrogen-bond donors (Lipinski definition) is 3. The third-order valence-corrected chi connectivity index (χ3v) is 3.70. The highest BCUT2D eigenvalue weighted by Gasteiger charge is 2.23. The number of amides is 1. The van der Waals surface area contributed by atoms with Crippen LogP contribution in [0.15, 0.2) is 24.3 Å². The van der Waals surface area contributed by atoms with Crippen molar-refractivity contribution >= 4 is 11.6 Å². The molecule has 1 unspecified atom stereocenters. The minimum absolute atomic E-state index is 0.0490. The molecule has 1 saturated heterocycles. The minimum Gasteiger partial charge on any atom is -0.381 e. The van der Waals surface area contributed by atoms with Gasteiger partial charge in [0.25, 0.3) is 5.91 Å². The Balaban J connectivity index is 1.62. The molecule has 0 radical (unpaired) electrons. The molecule has 4 nitrogen and oxygen atoms in total. The highest BCUT2D eigenvalue weighted by atomic mass is 16.1. The lowest BCUT2D eigenvalue weighted by Crippen LogP contribution is -2.38. The Morgan fingerprint density at radius 1 is 1.21 bits per heavy atom. The molecule has 4 heteroatoms. The van der Waals surface area contributed by atoms with Crippen LogP contribution in [0.25, 0.3) is 0 Å². The summed E-state index contributed by atoms with van der Waals surface area (Å²) in [6.45, 7) is 2.11. The maximum Gasteiger partial charge on any atom is 0.251 e. The number of benzene rings is 1. The van der Waals surface area contributed by atoms with Crippen LogP contribution in [0, 0.1) is 0 Å². The second-order valence-electron chi connectivity index (χ2n) is 5.52. The number of carbonyl (C=O) groups excluding carboxylic acids is 1. The predicted molar refractivity (Wildman–Crippen MR) is 76.4 cm³/mol. The Kier molecular flexibility index (Phi) is 3.69. The molecular weight excluding hydrogens is 238 g/mol. The van der Waals surface area contributed by atoms with Crippen LogP contribution < -0.4 is 16.0 Å². The van der Waals surface area contributed by atoms with Gasteiger partial charge >= 0.3 is 0 Å². The van der Waals surface area contributed by atoms with Crippen LogP contribution in [0.5, 0.6) is 0 Å². The molecule has 1 heterocycles. The zero-order valence-corrected chi connectivity index (χ0v) is 11.1. The number of hydrogen-bond acceptors (Lipinski definition) is 3. The summed E-state index contributed by atoms with van der Waals surface area (Å²) in [7, 11) is 0. The van der Waals surface area contributed by atoms with E-state index in [-0.39, 0.29) is 5.91 Å². The van der Waals surface area contributed by atoms with Gasteiger partial charge in [0.05, 0.1) is 0 Å². The fourth-order valence-corrected chi connectivity index (χ4v) is 2.46. The highest BCUT2D eigenvalue weighted by molar-refractivity contribution is 5.95. The van der Waals surface area contributed by atoms with Crippen molar-refractivity contribution in [2.75, 3.05) is 18.4 Å². The Labute approximate surface area is 114 Å². The van der Waals surface area contributed by atoms with Crippen molar-refractivity contribution in [3.8, 4) is 0 Å². The Morgan fingerprint density at radius 2 is 2.11 bits per heavy atom. The zero-order valence-electron chi connectivity index (χ0n) is 11.1. The summed E-state index contributed by atoms with van der Waals surface area (Å²) in [5, 5.41) is 9.91. The summed E-state index contributed by atoms with van der Waals surface area (Å²) in [5.41, 5.74) is 1.79. The Morgan fingerprint density at radius 3 is 2.84 bits per heavy atom. The first kappa shape index (κ1) is 12.5. The standard InChI is InChI=1S/C15H21N3O/c19-15(18-12-6-7-12)11-3-1-4-13(9-11)17-14-5-2-8-16-10-14/h1,3-4,9,12,14,16-17H,2,5-8,10H2,(H,18,19). The van der Waals surface area contributed by atoms with E-state index in [1.807, 2.05) is 24.3 Å². The van der Waals surface area contributed by atoms with E-state index in [9.17, 15) is 4.79 Å². The fourth-order valence-electron chi connectivity index (χ4n) is 2.46. The van der Waals surface area contributed by atoms with E-state index in [0.29, 0.717) is 12.1 Å². The molecule has 102 valence electrons. The van der Waals surface area contributed by atoms with E-state index in [4.69, 9.17) is 0 Å². The lowest BCUT2D eigenvalue weighted by Gasteiger charge is -2.25. The van der Waals surface area contributed by atoms with Crippen LogP contribution in [0.4, 0.5) is 5.69 Å². The van der Waals surface area contributed by atoms with Crippen LogP contribution in [0.1, 0.15) is 36.0 Å². The molecule has 1 amide bonds. The molecule has 3 rings (SSSR count). The van der Waals surface area contributed by atoms with Gasteiger partial charge in [0.2, 0.25) is 0 Å². The van der Waals surface area contributed by atoms with Gasteiger partial charge in [0.1, 0.15) is 0 Å². The van der Waals surface area contributed by atoms with E-state index in [2.05, 4.69) is 16.0 Å². The highest BCUT2D eigenvalue weighted by Crippen LogP contribution is 2.20. The molecule has 1 aliphatic carbocycles. The van der Waals surface area contributed by atoms with Gasteiger partial charge in [-0.1, -0.05) is 6.07 Å². The maximum absolute atomic E-state index is 12.0. The zero-order chi connectivity index (χ0) is 13.1. The average molecular weight is 259 g/mol. The summed E-state index contributed by atoms with van der Waals surface area (Å²) >= 11 is 0. The smallest absolute Gasteiger partial charge is 0.251 e. The first-order valence-corrected chi connectivity index (χ1v) is 7.19. The van der Waals surface area contributed by atoms with Crippen LogP contribution in [-0.2, 0) is 0 Å². The van der Waals surface area contributed by atoms with Gasteiger partial charge in [-0.3, -0.25) is 4.79 Å². The van der Waals surface area contributed by atoms with Crippen LogP contribution >= 0.6 is 0 Å². The monoisotopic (exact) mass is 259 g/mol. The number of piperidine rings is 1. The summed E-state index contributed by atoms with van der Waals surface area (Å²) < 4.78 is 0. The van der Waals surface area contributed by atoms with Crippen molar-refractivity contribution in [1.82, 2.24) is 10.6 Å². The Bertz CT molecular complexity index is 450. The van der Waals surface area contributed by atoms with Gasteiger partial charge in [-0.15, -0.1) is 0 Å². The topological polar surface area (TPSA) is 53.2 Å². The van der Waals surface area contributed by atoms with Crippen LogP contribution in [-0.4, -0.2) is 31.1 Å². The molecule has 1 atom stereocenters. The van der Waals surface area contributed by atoms with Crippen molar-refractivity contribution in [1.29, 1.82) is 0 Å². The lowest BCUT2D eigenvalue weighted by molar-refractivity contribution is 0.0951. The molecule has 2 fully saturated rings. The van der Waals surface area contributed by atoms with Crippen molar-refractivity contribution in [3.05, 3.63) is 29.8 Å². The summed E-state index contributed by atoms with van der Waals surface area (Å²) in [4.78, 5) is 12.0. The lowest BCUT2D eigenvalue weighted by atomic mass is 10.1. The normalized spacial score (nSPS) is 22.8. The second kappa shape index (κ2) is 5.61. The summed E-state index contributed by atoms with van der Waals surface area (Å²) in [5.74, 6) is 0.0490. The number of carbonyl (C=O) groups is 1. The van der Waals surface area contributed by atoms with Crippen molar-refractivity contribution < 1.29 is 4.79 Å². The molecule has 0 aromatic heterocycles. The second-order valence-corrected chi connectivity index (χ2v) is 5.52. The quantitative estimate of drug-likeness (QED) is 0.772. The van der Waals surface area contributed by atoms with Crippen LogP contribution in [0.3, 0.4) is 0 Å². The van der Waals surface area contributed by atoms with Gasteiger partial charge in [0.15, 0.2) is 0 Å². The van der Waals surface area contributed by atoms with Gasteiger partial charge in [-0.25, -0.2) is 0 Å². The number of anilines is 1. The molecule has 1 aliphatic heterocycles. The molecule has 2 aliphatic rings. The molecule has 1 aromatic carbocycles. The van der Waals surface area contributed by atoms with E-state index in [1.165, 1.54) is 12.8 Å². The molecule has 1 aromatic rings. The summed E-state index contributed by atoms with van der Waals surface area (Å²) in [6, 6.07) is 8.68. The molecule has 19 heavy (non-hydrogen) atoms. The largest absolute Gasteiger partial charge is 0.381 e. The van der Waals surface area contributed by atoms with E-state index >= 15 is 0 Å². The van der Waals surface area contributed by atoms with Crippen molar-refractivity contribution in [2.24, 2.45) is 0 Å². The first-order valence-electron chi connectivity index (χ1n) is 7.19. The number of rotatable bonds is 4. The molecular formula is C15H21N3O. The van der Waals surface area contributed by atoms with Gasteiger partial charge in [-0.05, 0) is 50.4 Å². The van der Waals surface area contributed by atoms with Gasteiger partial charge in [0, 0.05) is 29.9 Å². The molecule has 3 N–H and O–H groups in total. The molecule has 0 spiro atoms. The van der Waals surface area contributed by atoms with E-state index in [0.717, 1.165) is 37.2 Å². The van der Waals surface area contributed by atoms with Crippen molar-refractivity contribution in [2.45, 2.75) is 37.8 Å². The molecule has 1 saturated carbocycles. The van der Waals surface area contributed by atoms with E-state index < -0.39 is 0 Å². The minimum atomic E-state index is 0.0490. The number of nitrogens with one attached hydrogen (secondary N) is 3. The maximum atomic E-state index is 12.0. The molecule has 0 bridgehead atoms. The fraction of sp³-hybridized carbons (Fsp3) is 0.533. The first-order chi connectivity index (χ1) is 9.31.